The van der Waals surface area contributed by atoms with Crippen molar-refractivity contribution in [3.8, 4) is 11.4 Å². The Bertz CT molecular complexity index is 1250. The number of H-pyrrole nitrogens is 2. The lowest BCUT2D eigenvalue weighted by molar-refractivity contribution is 0.323. The van der Waals surface area contributed by atoms with Gasteiger partial charge in [0.05, 0.1) is 11.4 Å². The van der Waals surface area contributed by atoms with Crippen LogP contribution in [0.3, 0.4) is 0 Å². The van der Waals surface area contributed by atoms with E-state index >= 15 is 0 Å². The second-order valence-electron chi connectivity index (χ2n) is 7.81. The largest absolute Gasteiger partial charge is 0.369 e. The van der Waals surface area contributed by atoms with Gasteiger partial charge in [0.15, 0.2) is 0 Å². The van der Waals surface area contributed by atoms with Crippen LogP contribution in [0.1, 0.15) is 12.8 Å². The Balaban J connectivity index is 1.37. The molecule has 2 N–H and O–H groups in total. The maximum absolute atomic E-state index is 5.24. The number of likely N-dealkylation sites (N-methyl/N-ethyl adjacent to an activating group) is 2. The number of anilines is 2. The van der Waals surface area contributed by atoms with Gasteiger partial charge in [-0.3, -0.25) is 0 Å². The van der Waals surface area contributed by atoms with Gasteiger partial charge in [-0.15, -0.1) is 0 Å². The quantitative estimate of drug-likeness (QED) is 0.418. The molecule has 1 saturated carbocycles. The highest BCUT2D eigenvalue weighted by Gasteiger charge is 2.37. The average molecular weight is 467 g/mol. The van der Waals surface area contributed by atoms with Crippen molar-refractivity contribution in [2.24, 2.45) is 0 Å². The van der Waals surface area contributed by atoms with Gasteiger partial charge in [0.2, 0.25) is 9.54 Å². The second-order valence-corrected chi connectivity index (χ2v) is 8.54. The Morgan fingerprint density at radius 3 is 1.56 bits per heavy atom. The van der Waals surface area contributed by atoms with Crippen molar-refractivity contribution in [2.45, 2.75) is 24.9 Å². The first-order valence-corrected chi connectivity index (χ1v) is 11.0. The minimum atomic E-state index is 0.378. The maximum Gasteiger partial charge on any atom is 0.242 e. The van der Waals surface area contributed by atoms with E-state index < -0.39 is 0 Å². The summed E-state index contributed by atoms with van der Waals surface area (Å²) in [6, 6.07) is 17.2. The zero-order chi connectivity index (χ0) is 22.2. The van der Waals surface area contributed by atoms with Crippen LogP contribution in [0.15, 0.2) is 48.5 Å². The molecule has 0 saturated heterocycles. The molecule has 0 amide bonds. The number of nitrogens with one attached hydrogen (secondary N) is 2. The molecule has 12 heteroatoms. The lowest BCUT2D eigenvalue weighted by atomic mass is 9.83. The maximum atomic E-state index is 5.24. The lowest BCUT2D eigenvalue weighted by Gasteiger charge is -2.48. The predicted octanol–water partition coefficient (Wildman–Crippen LogP) is 3.07. The number of tetrazole rings is 2. The number of aromatic amines is 2. The molecule has 1 aliphatic rings. The summed E-state index contributed by atoms with van der Waals surface area (Å²) in [5.74, 6) is 0. The van der Waals surface area contributed by atoms with E-state index in [0.29, 0.717) is 21.6 Å². The van der Waals surface area contributed by atoms with Crippen LogP contribution in [0.25, 0.3) is 11.4 Å². The van der Waals surface area contributed by atoms with Crippen LogP contribution in [0.5, 0.6) is 0 Å². The van der Waals surface area contributed by atoms with E-state index in [9.17, 15) is 0 Å². The van der Waals surface area contributed by atoms with Crippen LogP contribution < -0.4 is 9.80 Å². The molecule has 1 fully saturated rings. The van der Waals surface area contributed by atoms with E-state index in [1.54, 1.807) is 9.36 Å². The van der Waals surface area contributed by atoms with Gasteiger partial charge in [-0.25, -0.2) is 9.36 Å². The molecule has 2 aromatic carbocycles. The molecule has 0 radical (unpaired) electrons. The highest BCUT2D eigenvalue weighted by Crippen LogP contribution is 2.35. The summed E-state index contributed by atoms with van der Waals surface area (Å²) in [5, 5.41) is 20.9. The molecule has 1 aliphatic carbocycles. The van der Waals surface area contributed by atoms with Gasteiger partial charge >= 0.3 is 0 Å². The Labute approximate surface area is 194 Å². The van der Waals surface area contributed by atoms with Crippen LogP contribution in [0.4, 0.5) is 11.4 Å². The first-order chi connectivity index (χ1) is 15.5. The molecule has 2 unspecified atom stereocenters. The highest BCUT2D eigenvalue weighted by atomic mass is 32.1. The molecule has 0 aliphatic heterocycles. The summed E-state index contributed by atoms with van der Waals surface area (Å²) < 4.78 is 4.19. The van der Waals surface area contributed by atoms with Crippen molar-refractivity contribution in [3.63, 3.8) is 0 Å². The standard InChI is InChI=1S/C20H22N10S2/c1-27(13-5-3-7-15(11-13)29-19(31)21-23-25-29)17-9-10-18(17)28(2)14-6-4-8-16(12-14)30-20(32)22-24-26-30/h3-8,11-12,17-18H,9-10H2,1-2H3,(H,21,25,31)(H,22,26,32). The van der Waals surface area contributed by atoms with Gasteiger partial charge in [-0.2, -0.15) is 10.4 Å². The first kappa shape index (κ1) is 20.5. The second kappa shape index (κ2) is 8.28. The van der Waals surface area contributed by atoms with Gasteiger partial charge in [0, 0.05) is 37.6 Å². The number of hydrogen-bond acceptors (Lipinski definition) is 8. The summed E-state index contributed by atoms with van der Waals surface area (Å²) in [7, 11) is 4.28. The van der Waals surface area contributed by atoms with Crippen molar-refractivity contribution < 1.29 is 0 Å². The summed E-state index contributed by atoms with van der Waals surface area (Å²) in [6.07, 6.45) is 2.24. The highest BCUT2D eigenvalue weighted by molar-refractivity contribution is 7.71. The van der Waals surface area contributed by atoms with Crippen LogP contribution in [0.2, 0.25) is 0 Å². The molecule has 2 heterocycles. The van der Waals surface area contributed by atoms with Gasteiger partial charge in [0.1, 0.15) is 0 Å². The van der Waals surface area contributed by atoms with Gasteiger partial charge in [-0.1, -0.05) is 32.8 Å². The number of nitrogens with zero attached hydrogens (tertiary/aromatic N) is 8. The summed E-state index contributed by atoms with van der Waals surface area (Å²) in [6.45, 7) is 0. The third-order valence-corrected chi connectivity index (χ3v) is 6.66. The number of hydrogen-bond donors (Lipinski definition) is 2. The number of rotatable bonds is 6. The predicted molar refractivity (Wildman–Crippen MR) is 127 cm³/mol. The minimum Gasteiger partial charge on any atom is -0.369 e. The summed E-state index contributed by atoms with van der Waals surface area (Å²) >= 11 is 10.5. The molecule has 32 heavy (non-hydrogen) atoms. The zero-order valence-electron chi connectivity index (χ0n) is 17.6. The molecule has 164 valence electrons. The lowest BCUT2D eigenvalue weighted by Crippen LogP contribution is -2.56. The van der Waals surface area contributed by atoms with E-state index in [4.69, 9.17) is 24.4 Å². The summed E-state index contributed by atoms with van der Waals surface area (Å²) in [5.41, 5.74) is 4.05. The fraction of sp³-hybridized carbons (Fsp3) is 0.300. The van der Waals surface area contributed by atoms with Gasteiger partial charge in [0.25, 0.3) is 0 Å². The fourth-order valence-corrected chi connectivity index (χ4v) is 4.56. The first-order valence-electron chi connectivity index (χ1n) is 10.2. The molecule has 10 nitrogen and oxygen atoms in total. The smallest absolute Gasteiger partial charge is 0.242 e. The monoisotopic (exact) mass is 466 g/mol. The molecular formula is C20H22N10S2. The third kappa shape index (κ3) is 3.60. The van der Waals surface area contributed by atoms with Crippen LogP contribution in [0, 0.1) is 9.54 Å². The van der Waals surface area contributed by atoms with Gasteiger partial charge in [-0.05, 0) is 73.7 Å². The SMILES string of the molecule is CN(c1cccc(-n2[nH]nnc2=S)c1)C1CCC1N(C)c1cccc(-n2[nH]nnc2=S)c1. The van der Waals surface area contributed by atoms with E-state index in [1.807, 2.05) is 24.3 Å². The molecule has 5 rings (SSSR count). The Kier molecular flexibility index (Phi) is 5.31. The number of aromatic nitrogens is 8. The van der Waals surface area contributed by atoms with E-state index in [0.717, 1.165) is 35.6 Å². The zero-order valence-corrected chi connectivity index (χ0v) is 19.2. The minimum absolute atomic E-state index is 0.378. The molecule has 0 spiro atoms. The van der Waals surface area contributed by atoms with E-state index in [1.165, 1.54) is 0 Å². The van der Waals surface area contributed by atoms with Crippen LogP contribution >= 0.6 is 24.4 Å². The fourth-order valence-electron chi connectivity index (χ4n) is 4.19. The molecule has 4 aromatic rings. The third-order valence-electron chi connectivity index (χ3n) is 6.13. The Morgan fingerprint density at radius 2 is 1.22 bits per heavy atom. The van der Waals surface area contributed by atoms with Gasteiger partial charge < -0.3 is 9.80 Å². The normalized spacial score (nSPS) is 17.7. The van der Waals surface area contributed by atoms with Crippen molar-refractivity contribution in [2.75, 3.05) is 23.9 Å². The topological polar surface area (TPSA) is 99.5 Å². The summed E-state index contributed by atoms with van der Waals surface area (Å²) in [4.78, 5) is 4.67. The van der Waals surface area contributed by atoms with Crippen LogP contribution in [-0.4, -0.2) is 66.6 Å². The molecule has 2 aromatic heterocycles. The van der Waals surface area contributed by atoms with Crippen molar-refractivity contribution in [1.29, 1.82) is 0 Å². The van der Waals surface area contributed by atoms with E-state index in [2.05, 4.69) is 79.2 Å². The average Bonchev–Trinajstić information content (AvgIpc) is 3.41. The molecule has 2 atom stereocenters. The molecular weight excluding hydrogens is 444 g/mol. The van der Waals surface area contributed by atoms with E-state index in [-0.39, 0.29) is 0 Å². The number of benzene rings is 2. The van der Waals surface area contributed by atoms with Crippen LogP contribution in [-0.2, 0) is 0 Å². The van der Waals surface area contributed by atoms with Crippen molar-refractivity contribution >= 4 is 35.8 Å². The Hall–Kier alpha value is -3.38. The molecule has 0 bridgehead atoms. The Morgan fingerprint density at radius 1 is 0.781 bits per heavy atom. The van der Waals surface area contributed by atoms with Crippen molar-refractivity contribution in [1.82, 2.24) is 40.4 Å². The van der Waals surface area contributed by atoms with Crippen molar-refractivity contribution in [3.05, 3.63) is 58.1 Å².